The molecule has 2 N–H and O–H groups in total. The van der Waals surface area contributed by atoms with Crippen LogP contribution in [0.25, 0.3) is 0 Å². The van der Waals surface area contributed by atoms with E-state index in [4.69, 9.17) is 5.11 Å². The van der Waals surface area contributed by atoms with E-state index >= 15 is 0 Å². The lowest BCUT2D eigenvalue weighted by atomic mass is 10.1. The molecule has 0 aliphatic carbocycles. The van der Waals surface area contributed by atoms with E-state index in [9.17, 15) is 9.59 Å². The van der Waals surface area contributed by atoms with Crippen LogP contribution in [0.1, 0.15) is 24.0 Å². The van der Waals surface area contributed by atoms with Gasteiger partial charge in [-0.1, -0.05) is 15.9 Å². The second kappa shape index (κ2) is 5.83. The minimum atomic E-state index is -0.943. The average molecular weight is 341 g/mol. The fourth-order valence-corrected chi connectivity index (χ4v) is 3.24. The molecule has 1 fully saturated rings. The van der Waals surface area contributed by atoms with Crippen molar-refractivity contribution in [2.75, 3.05) is 11.9 Å². The van der Waals surface area contributed by atoms with E-state index in [-0.39, 0.29) is 6.03 Å². The highest BCUT2D eigenvalue weighted by atomic mass is 79.9. The van der Waals surface area contributed by atoms with Crippen LogP contribution in [0.2, 0.25) is 0 Å². The quantitative estimate of drug-likeness (QED) is 0.868. The number of halogens is 1. The van der Waals surface area contributed by atoms with Crippen molar-refractivity contribution in [2.24, 2.45) is 0 Å². The Labute approximate surface area is 126 Å². The molecule has 6 heteroatoms. The molecule has 1 aromatic rings. The van der Waals surface area contributed by atoms with Gasteiger partial charge in [-0.05, 0) is 49.9 Å². The van der Waals surface area contributed by atoms with E-state index in [0.29, 0.717) is 13.0 Å². The molecular weight excluding hydrogens is 324 g/mol. The van der Waals surface area contributed by atoms with Crippen molar-refractivity contribution in [3.63, 3.8) is 0 Å². The van der Waals surface area contributed by atoms with Crippen molar-refractivity contribution in [1.82, 2.24) is 4.90 Å². The fraction of sp³-hybridized carbons (Fsp3) is 0.429. The maximum atomic E-state index is 12.3. The van der Waals surface area contributed by atoms with Crippen LogP contribution in [0.3, 0.4) is 0 Å². The van der Waals surface area contributed by atoms with Gasteiger partial charge < -0.3 is 15.3 Å². The Bertz CT molecular complexity index is 536. The zero-order chi connectivity index (χ0) is 14.9. The van der Waals surface area contributed by atoms with Gasteiger partial charge in [-0.2, -0.15) is 0 Å². The van der Waals surface area contributed by atoms with Crippen LogP contribution in [0, 0.1) is 13.8 Å². The first-order valence-corrected chi connectivity index (χ1v) is 7.26. The van der Waals surface area contributed by atoms with Crippen LogP contribution < -0.4 is 5.32 Å². The number of carbonyl (C=O) groups excluding carboxylic acids is 1. The van der Waals surface area contributed by atoms with E-state index < -0.39 is 12.0 Å². The predicted octanol–water partition coefficient (Wildman–Crippen LogP) is 3.15. The second-order valence-corrected chi connectivity index (χ2v) is 5.95. The lowest BCUT2D eigenvalue weighted by Crippen LogP contribution is -2.43. The lowest BCUT2D eigenvalue weighted by Gasteiger charge is -2.23. The number of benzene rings is 1. The van der Waals surface area contributed by atoms with Crippen LogP contribution in [0.5, 0.6) is 0 Å². The third kappa shape index (κ3) is 2.95. The number of hydrogen-bond acceptors (Lipinski definition) is 2. The zero-order valence-corrected chi connectivity index (χ0v) is 13.0. The molecule has 0 bridgehead atoms. The number of nitrogens with zero attached hydrogens (tertiary/aromatic N) is 1. The van der Waals surface area contributed by atoms with E-state index in [1.165, 1.54) is 4.90 Å². The number of aryl methyl sites for hydroxylation is 2. The van der Waals surface area contributed by atoms with Gasteiger partial charge in [0.05, 0.1) is 0 Å². The molecule has 1 heterocycles. The van der Waals surface area contributed by atoms with Crippen LogP contribution in [-0.4, -0.2) is 34.6 Å². The first-order chi connectivity index (χ1) is 9.40. The van der Waals surface area contributed by atoms with Gasteiger partial charge in [0.2, 0.25) is 0 Å². The predicted molar refractivity (Wildman–Crippen MR) is 80.0 cm³/mol. The molecule has 108 valence electrons. The number of anilines is 1. The fourth-order valence-electron chi connectivity index (χ4n) is 2.55. The van der Waals surface area contributed by atoms with Crippen LogP contribution in [0.4, 0.5) is 10.5 Å². The first-order valence-electron chi connectivity index (χ1n) is 6.47. The van der Waals surface area contributed by atoms with Gasteiger partial charge >= 0.3 is 12.0 Å². The summed E-state index contributed by atoms with van der Waals surface area (Å²) in [4.78, 5) is 24.8. The summed E-state index contributed by atoms with van der Waals surface area (Å²) in [6.45, 7) is 4.30. The maximum absolute atomic E-state index is 12.3. The van der Waals surface area contributed by atoms with Gasteiger partial charge in [0.25, 0.3) is 0 Å². The number of carboxylic acids is 1. The largest absolute Gasteiger partial charge is 0.480 e. The summed E-state index contributed by atoms with van der Waals surface area (Å²) in [7, 11) is 0. The number of rotatable bonds is 2. The summed E-state index contributed by atoms with van der Waals surface area (Å²) < 4.78 is 0.954. The average Bonchev–Trinajstić information content (AvgIpc) is 2.82. The first kappa shape index (κ1) is 14.8. The van der Waals surface area contributed by atoms with Gasteiger partial charge in [-0.15, -0.1) is 0 Å². The third-order valence-electron chi connectivity index (χ3n) is 3.53. The molecule has 2 rings (SSSR count). The number of nitrogens with one attached hydrogen (secondary N) is 1. The van der Waals surface area contributed by atoms with Crippen LogP contribution in [-0.2, 0) is 4.79 Å². The number of urea groups is 1. The summed E-state index contributed by atoms with van der Waals surface area (Å²) in [5.74, 6) is -0.943. The maximum Gasteiger partial charge on any atom is 0.326 e. The Morgan fingerprint density at radius 3 is 2.50 bits per heavy atom. The van der Waals surface area contributed by atoms with Crippen molar-refractivity contribution < 1.29 is 14.7 Å². The highest BCUT2D eigenvalue weighted by molar-refractivity contribution is 9.10. The highest BCUT2D eigenvalue weighted by Gasteiger charge is 2.34. The van der Waals surface area contributed by atoms with Gasteiger partial charge in [0.15, 0.2) is 0 Å². The van der Waals surface area contributed by atoms with Gasteiger partial charge in [-0.3, -0.25) is 0 Å². The summed E-state index contributed by atoms with van der Waals surface area (Å²) in [6, 6.07) is 2.78. The standard InChI is InChI=1S/C14H17BrN2O3/c1-8-6-10(15)7-9(2)12(8)16-14(20)17-5-3-4-11(17)13(18)19/h6-7,11H,3-5H2,1-2H3,(H,16,20)(H,18,19)/t11-/m1/s1. The molecular formula is C14H17BrN2O3. The molecule has 0 spiro atoms. The summed E-state index contributed by atoms with van der Waals surface area (Å²) in [6.07, 6.45) is 1.24. The van der Waals surface area contributed by atoms with Crippen LogP contribution >= 0.6 is 15.9 Å². The van der Waals surface area contributed by atoms with Gasteiger partial charge in [-0.25, -0.2) is 9.59 Å². The van der Waals surface area contributed by atoms with Crippen molar-refractivity contribution in [3.05, 3.63) is 27.7 Å². The smallest absolute Gasteiger partial charge is 0.326 e. The van der Waals surface area contributed by atoms with E-state index in [1.807, 2.05) is 26.0 Å². The highest BCUT2D eigenvalue weighted by Crippen LogP contribution is 2.26. The van der Waals surface area contributed by atoms with E-state index in [2.05, 4.69) is 21.2 Å². The normalized spacial score (nSPS) is 18.1. The molecule has 2 amide bonds. The Hall–Kier alpha value is -1.56. The van der Waals surface area contributed by atoms with Crippen molar-refractivity contribution >= 4 is 33.6 Å². The molecule has 1 aliphatic rings. The molecule has 0 aromatic heterocycles. The second-order valence-electron chi connectivity index (χ2n) is 5.03. The monoisotopic (exact) mass is 340 g/mol. The SMILES string of the molecule is Cc1cc(Br)cc(C)c1NC(=O)N1CCC[C@@H]1C(=O)O. The Kier molecular flexibility index (Phi) is 4.32. The number of carboxylic acid groups (broad SMARTS) is 1. The number of aliphatic carboxylic acids is 1. The Balaban J connectivity index is 2.18. The minimum Gasteiger partial charge on any atom is -0.480 e. The Morgan fingerprint density at radius 2 is 1.95 bits per heavy atom. The Morgan fingerprint density at radius 1 is 1.35 bits per heavy atom. The van der Waals surface area contributed by atoms with Crippen molar-refractivity contribution in [3.8, 4) is 0 Å². The summed E-state index contributed by atoms with van der Waals surface area (Å²) >= 11 is 3.41. The van der Waals surface area contributed by atoms with E-state index in [1.54, 1.807) is 0 Å². The number of amides is 2. The van der Waals surface area contributed by atoms with Gasteiger partial charge in [0, 0.05) is 16.7 Å². The molecule has 0 radical (unpaired) electrons. The van der Waals surface area contributed by atoms with Crippen molar-refractivity contribution in [1.29, 1.82) is 0 Å². The molecule has 20 heavy (non-hydrogen) atoms. The molecule has 1 atom stereocenters. The molecule has 5 nitrogen and oxygen atoms in total. The number of carbonyl (C=O) groups is 2. The minimum absolute atomic E-state index is 0.344. The molecule has 1 saturated heterocycles. The zero-order valence-electron chi connectivity index (χ0n) is 11.4. The molecule has 1 aromatic carbocycles. The van der Waals surface area contributed by atoms with Crippen LogP contribution in [0.15, 0.2) is 16.6 Å². The summed E-state index contributed by atoms with van der Waals surface area (Å²) in [5, 5.41) is 12.0. The van der Waals surface area contributed by atoms with E-state index in [0.717, 1.165) is 27.7 Å². The van der Waals surface area contributed by atoms with Crippen molar-refractivity contribution in [2.45, 2.75) is 32.7 Å². The molecule has 0 saturated carbocycles. The lowest BCUT2D eigenvalue weighted by molar-refractivity contribution is -0.141. The van der Waals surface area contributed by atoms with Gasteiger partial charge in [0.1, 0.15) is 6.04 Å². The number of likely N-dealkylation sites (tertiary alicyclic amines) is 1. The third-order valence-corrected chi connectivity index (χ3v) is 3.99. The summed E-state index contributed by atoms with van der Waals surface area (Å²) in [5.41, 5.74) is 2.63. The molecule has 1 aliphatic heterocycles. The number of hydrogen-bond donors (Lipinski definition) is 2. The topological polar surface area (TPSA) is 69.6 Å². The molecule has 0 unspecified atom stereocenters.